The van der Waals surface area contributed by atoms with Gasteiger partial charge in [0.1, 0.15) is 11.0 Å². The topological polar surface area (TPSA) is 75.6 Å². The highest BCUT2D eigenvalue weighted by Crippen LogP contribution is 2.38. The Morgan fingerprint density at radius 2 is 1.83 bits per heavy atom. The highest BCUT2D eigenvalue weighted by molar-refractivity contribution is 9.10. The number of nitriles is 1. The van der Waals surface area contributed by atoms with E-state index in [4.69, 9.17) is 17.3 Å². The minimum atomic E-state index is 0.132. The molecule has 6 heteroatoms. The van der Waals surface area contributed by atoms with Crippen LogP contribution in [-0.2, 0) is 6.42 Å². The van der Waals surface area contributed by atoms with Gasteiger partial charge in [0, 0.05) is 26.5 Å². The molecule has 0 unspecified atom stereocenters. The molecule has 0 atom stereocenters. The Labute approximate surface area is 182 Å². The van der Waals surface area contributed by atoms with Crippen molar-refractivity contribution in [2.24, 2.45) is 0 Å². The van der Waals surface area contributed by atoms with Crippen molar-refractivity contribution in [3.63, 3.8) is 0 Å². The fraction of sp³-hybridized carbons (Fsp3) is 0.0870. The lowest BCUT2D eigenvalue weighted by Gasteiger charge is -2.15. The third-order valence-corrected chi connectivity index (χ3v) is 5.76. The van der Waals surface area contributed by atoms with Crippen LogP contribution >= 0.6 is 27.5 Å². The van der Waals surface area contributed by atoms with Gasteiger partial charge in [-0.3, -0.25) is 0 Å². The number of nitrogens with two attached hydrogens (primary N) is 1. The van der Waals surface area contributed by atoms with E-state index in [-0.39, 0.29) is 6.42 Å². The average Bonchev–Trinajstić information content (AvgIpc) is 2.69. The molecule has 4 aromatic rings. The molecule has 2 N–H and O–H groups in total. The zero-order valence-corrected chi connectivity index (χ0v) is 17.9. The van der Waals surface area contributed by atoms with Gasteiger partial charge >= 0.3 is 0 Å². The maximum Gasteiger partial charge on any atom is 0.137 e. The van der Waals surface area contributed by atoms with Gasteiger partial charge < -0.3 is 5.73 Å². The number of benzene rings is 2. The van der Waals surface area contributed by atoms with Crippen LogP contribution in [0.15, 0.2) is 59.1 Å². The Kier molecular flexibility index (Phi) is 5.23. The van der Waals surface area contributed by atoms with Crippen molar-refractivity contribution in [2.75, 3.05) is 5.73 Å². The van der Waals surface area contributed by atoms with Crippen molar-refractivity contribution in [3.8, 4) is 28.5 Å². The number of anilines is 1. The van der Waals surface area contributed by atoms with Crippen LogP contribution in [0.4, 0.5) is 5.82 Å². The fourth-order valence-electron chi connectivity index (χ4n) is 3.35. The SMILES string of the molecule is Cc1ccc2cc(-c3cc(-c4ccccc4Br)nc(N)c3CC#N)c(Cl)nc2c1. The van der Waals surface area contributed by atoms with E-state index in [1.165, 1.54) is 0 Å². The van der Waals surface area contributed by atoms with E-state index in [2.05, 4.69) is 32.0 Å². The first-order valence-corrected chi connectivity index (χ1v) is 10.1. The van der Waals surface area contributed by atoms with Crippen molar-refractivity contribution in [1.29, 1.82) is 5.26 Å². The van der Waals surface area contributed by atoms with E-state index < -0.39 is 0 Å². The van der Waals surface area contributed by atoms with Crippen LogP contribution in [0.1, 0.15) is 11.1 Å². The van der Waals surface area contributed by atoms with E-state index in [0.29, 0.717) is 22.2 Å². The Morgan fingerprint density at radius 3 is 2.59 bits per heavy atom. The third kappa shape index (κ3) is 3.69. The molecule has 0 aliphatic rings. The van der Waals surface area contributed by atoms with E-state index in [1.807, 2.05) is 61.5 Å². The first kappa shape index (κ1) is 19.4. The Balaban J connectivity index is 2.00. The van der Waals surface area contributed by atoms with Gasteiger partial charge in [0.2, 0.25) is 0 Å². The number of fused-ring (bicyclic) bond motifs is 1. The van der Waals surface area contributed by atoms with Gasteiger partial charge in [0.05, 0.1) is 23.7 Å². The largest absolute Gasteiger partial charge is 0.383 e. The van der Waals surface area contributed by atoms with Gasteiger partial charge in [-0.05, 0) is 42.3 Å². The highest BCUT2D eigenvalue weighted by Gasteiger charge is 2.18. The molecular formula is C23H16BrClN4. The second kappa shape index (κ2) is 7.82. The monoisotopic (exact) mass is 462 g/mol. The van der Waals surface area contributed by atoms with Crippen molar-refractivity contribution >= 4 is 44.3 Å². The molecule has 0 fully saturated rings. The molecule has 2 aromatic heterocycles. The summed E-state index contributed by atoms with van der Waals surface area (Å²) in [5, 5.41) is 10.7. The van der Waals surface area contributed by atoms with Crippen LogP contribution in [-0.4, -0.2) is 9.97 Å². The lowest BCUT2D eigenvalue weighted by atomic mass is 9.96. The molecule has 2 heterocycles. The number of rotatable bonds is 3. The van der Waals surface area contributed by atoms with Gasteiger partial charge in [-0.25, -0.2) is 9.97 Å². The molecule has 4 nitrogen and oxygen atoms in total. The standard InChI is InChI=1S/C23H16BrClN4/c1-13-6-7-14-11-18(22(25)28-20(14)10-13)17-12-21(16-4-2-3-5-19(16)24)29-23(27)15(17)8-9-26/h2-7,10-12H,8H2,1H3,(H2,27,29). The van der Waals surface area contributed by atoms with Gasteiger partial charge in [-0.1, -0.05) is 57.9 Å². The van der Waals surface area contributed by atoms with E-state index in [1.54, 1.807) is 0 Å². The molecule has 29 heavy (non-hydrogen) atoms. The van der Waals surface area contributed by atoms with Crippen molar-refractivity contribution < 1.29 is 0 Å². The second-order valence-electron chi connectivity index (χ2n) is 6.76. The van der Waals surface area contributed by atoms with Crippen molar-refractivity contribution in [3.05, 3.63) is 75.4 Å². The summed E-state index contributed by atoms with van der Waals surface area (Å²) in [5.74, 6) is 0.315. The number of nitrogen functional groups attached to an aromatic ring is 1. The average molecular weight is 464 g/mol. The molecule has 0 spiro atoms. The Morgan fingerprint density at radius 1 is 1.03 bits per heavy atom. The lowest BCUT2D eigenvalue weighted by Crippen LogP contribution is -2.03. The fourth-order valence-corrected chi connectivity index (χ4v) is 4.08. The smallest absolute Gasteiger partial charge is 0.137 e. The molecular weight excluding hydrogens is 448 g/mol. The van der Waals surface area contributed by atoms with E-state index in [9.17, 15) is 5.26 Å². The molecule has 0 amide bonds. The van der Waals surface area contributed by atoms with Crippen LogP contribution in [0.25, 0.3) is 33.3 Å². The number of halogens is 2. The number of hydrogen-bond acceptors (Lipinski definition) is 4. The summed E-state index contributed by atoms with van der Waals surface area (Å²) in [4.78, 5) is 9.12. The normalized spacial score (nSPS) is 10.8. The minimum Gasteiger partial charge on any atom is -0.383 e. The van der Waals surface area contributed by atoms with Crippen LogP contribution in [0.3, 0.4) is 0 Å². The van der Waals surface area contributed by atoms with Crippen molar-refractivity contribution in [1.82, 2.24) is 9.97 Å². The summed E-state index contributed by atoms with van der Waals surface area (Å²) in [6, 6.07) is 19.9. The quantitative estimate of drug-likeness (QED) is 0.360. The minimum absolute atomic E-state index is 0.132. The van der Waals surface area contributed by atoms with Gasteiger partial charge in [0.25, 0.3) is 0 Å². The summed E-state index contributed by atoms with van der Waals surface area (Å²) >= 11 is 10.1. The summed E-state index contributed by atoms with van der Waals surface area (Å²) in [6.45, 7) is 2.02. The molecule has 0 aliphatic carbocycles. The number of aromatic nitrogens is 2. The molecule has 4 rings (SSSR count). The van der Waals surface area contributed by atoms with E-state index >= 15 is 0 Å². The number of pyridine rings is 2. The van der Waals surface area contributed by atoms with Crippen LogP contribution in [0.2, 0.25) is 5.15 Å². The molecule has 0 saturated heterocycles. The molecule has 0 bridgehead atoms. The number of aryl methyl sites for hydroxylation is 1. The van der Waals surface area contributed by atoms with Crippen LogP contribution in [0.5, 0.6) is 0 Å². The summed E-state index contributed by atoms with van der Waals surface area (Å²) in [7, 11) is 0. The van der Waals surface area contributed by atoms with Gasteiger partial charge in [-0.15, -0.1) is 0 Å². The van der Waals surface area contributed by atoms with Crippen LogP contribution < -0.4 is 5.73 Å². The zero-order chi connectivity index (χ0) is 20.5. The van der Waals surface area contributed by atoms with Crippen LogP contribution in [0, 0.1) is 18.3 Å². The number of nitrogens with zero attached hydrogens (tertiary/aromatic N) is 3. The van der Waals surface area contributed by atoms with Crippen molar-refractivity contribution in [2.45, 2.75) is 13.3 Å². The summed E-state index contributed by atoms with van der Waals surface area (Å²) < 4.78 is 0.907. The number of hydrogen-bond donors (Lipinski definition) is 1. The molecule has 0 saturated carbocycles. The lowest BCUT2D eigenvalue weighted by molar-refractivity contribution is 1.20. The first-order valence-electron chi connectivity index (χ1n) is 8.96. The third-order valence-electron chi connectivity index (χ3n) is 4.78. The van der Waals surface area contributed by atoms with E-state index in [0.717, 1.165) is 37.6 Å². The van der Waals surface area contributed by atoms with Gasteiger partial charge in [0.15, 0.2) is 0 Å². The molecule has 2 aromatic carbocycles. The summed E-state index contributed by atoms with van der Waals surface area (Å²) in [5.41, 5.74) is 12.0. The summed E-state index contributed by atoms with van der Waals surface area (Å²) in [6.07, 6.45) is 0.132. The Bertz CT molecular complexity index is 1290. The van der Waals surface area contributed by atoms with Gasteiger partial charge in [-0.2, -0.15) is 5.26 Å². The zero-order valence-electron chi connectivity index (χ0n) is 15.6. The molecule has 142 valence electrons. The highest BCUT2D eigenvalue weighted by atomic mass is 79.9. The molecule has 0 aliphatic heterocycles. The maximum absolute atomic E-state index is 9.33. The Hall–Kier alpha value is -2.94. The second-order valence-corrected chi connectivity index (χ2v) is 7.97. The predicted octanol–water partition coefficient (Wildman–Crippen LogP) is 6.34. The molecule has 0 radical (unpaired) electrons. The maximum atomic E-state index is 9.33. The first-order chi connectivity index (χ1) is 14.0. The predicted molar refractivity (Wildman–Crippen MR) is 122 cm³/mol.